The molecule has 2 rings (SSSR count). The summed E-state index contributed by atoms with van der Waals surface area (Å²) >= 11 is 0. The summed E-state index contributed by atoms with van der Waals surface area (Å²) in [5.41, 5.74) is -0.125. The van der Waals surface area contributed by atoms with E-state index in [0.29, 0.717) is 5.56 Å². The fourth-order valence-corrected chi connectivity index (χ4v) is 2.32. The average Bonchev–Trinajstić information content (AvgIpc) is 2.60. The number of hydrogen-bond donors (Lipinski definition) is 2. The van der Waals surface area contributed by atoms with Gasteiger partial charge in [0.1, 0.15) is 0 Å². The first kappa shape index (κ1) is 18.9. The molecule has 0 radical (unpaired) electrons. The maximum absolute atomic E-state index is 12.8. The Morgan fingerprint density at radius 3 is 2.36 bits per heavy atom. The monoisotopic (exact) mass is 354 g/mol. The number of aliphatic hydroxyl groups is 2. The molecule has 0 bridgehead atoms. The third kappa shape index (κ3) is 4.77. The number of hydrogen-bond acceptors (Lipinski definition) is 4. The van der Waals surface area contributed by atoms with Gasteiger partial charge in [0.2, 0.25) is 0 Å². The first-order chi connectivity index (χ1) is 11.9. The molecule has 0 spiro atoms. The highest BCUT2D eigenvalue weighted by Gasteiger charge is 2.30. The summed E-state index contributed by atoms with van der Waals surface area (Å²) in [5.74, 6) is -0.433. The highest BCUT2D eigenvalue weighted by atomic mass is 19.4. The normalized spacial score (nSPS) is 11.4. The molecular formula is C17H17F3N2O3. The Balaban J connectivity index is 2.34. The van der Waals surface area contributed by atoms with Crippen molar-refractivity contribution < 1.29 is 28.2 Å². The van der Waals surface area contributed by atoms with Crippen molar-refractivity contribution in [2.75, 3.05) is 26.3 Å². The van der Waals surface area contributed by atoms with Crippen LogP contribution < -0.4 is 0 Å². The summed E-state index contributed by atoms with van der Waals surface area (Å²) in [7, 11) is 0. The Morgan fingerprint density at radius 1 is 1.08 bits per heavy atom. The molecule has 8 heteroatoms. The zero-order valence-electron chi connectivity index (χ0n) is 13.2. The number of carbonyl (C=O) groups is 1. The van der Waals surface area contributed by atoms with Crippen molar-refractivity contribution >= 4 is 5.91 Å². The Morgan fingerprint density at radius 2 is 1.76 bits per heavy atom. The van der Waals surface area contributed by atoms with Crippen molar-refractivity contribution in [2.45, 2.75) is 6.18 Å². The molecule has 2 aromatic rings. The highest BCUT2D eigenvalue weighted by molar-refractivity contribution is 5.95. The Labute approximate surface area is 142 Å². The van der Waals surface area contributed by atoms with Gasteiger partial charge in [0.05, 0.1) is 24.5 Å². The van der Waals surface area contributed by atoms with Gasteiger partial charge in [-0.1, -0.05) is 12.1 Å². The lowest BCUT2D eigenvalue weighted by atomic mass is 10.0. The highest BCUT2D eigenvalue weighted by Crippen LogP contribution is 2.31. The van der Waals surface area contributed by atoms with E-state index in [9.17, 15) is 18.0 Å². The second-order valence-corrected chi connectivity index (χ2v) is 5.25. The molecular weight excluding hydrogens is 337 g/mol. The number of aliphatic hydroxyl groups excluding tert-OH is 2. The van der Waals surface area contributed by atoms with Gasteiger partial charge < -0.3 is 15.1 Å². The van der Waals surface area contributed by atoms with E-state index in [4.69, 9.17) is 10.2 Å². The van der Waals surface area contributed by atoms with Crippen LogP contribution in [0.25, 0.3) is 11.3 Å². The first-order valence-corrected chi connectivity index (χ1v) is 7.51. The molecule has 1 heterocycles. The van der Waals surface area contributed by atoms with Crippen LogP contribution in [0.5, 0.6) is 0 Å². The molecule has 2 N–H and O–H groups in total. The third-order valence-corrected chi connectivity index (χ3v) is 3.52. The fourth-order valence-electron chi connectivity index (χ4n) is 2.32. The molecule has 0 atom stereocenters. The zero-order chi connectivity index (χ0) is 18.4. The molecule has 0 aliphatic heterocycles. The van der Waals surface area contributed by atoms with E-state index in [1.807, 2.05) is 0 Å². The molecule has 134 valence electrons. The summed E-state index contributed by atoms with van der Waals surface area (Å²) in [4.78, 5) is 17.6. The lowest BCUT2D eigenvalue weighted by molar-refractivity contribution is -0.137. The van der Waals surface area contributed by atoms with Crippen LogP contribution >= 0.6 is 0 Å². The SMILES string of the molecule is O=C(c1cccc(-c2cc(C(F)(F)F)ccn2)c1)N(CCO)CCO. The number of alkyl halides is 3. The summed E-state index contributed by atoms with van der Waals surface area (Å²) in [6.07, 6.45) is -3.42. The van der Waals surface area contributed by atoms with Crippen LogP contribution in [0.3, 0.4) is 0 Å². The van der Waals surface area contributed by atoms with E-state index < -0.39 is 17.6 Å². The number of rotatable bonds is 6. The average molecular weight is 354 g/mol. The van der Waals surface area contributed by atoms with E-state index in [1.165, 1.54) is 17.0 Å². The second-order valence-electron chi connectivity index (χ2n) is 5.25. The number of pyridine rings is 1. The Hall–Kier alpha value is -2.45. The maximum Gasteiger partial charge on any atom is 0.416 e. The van der Waals surface area contributed by atoms with Crippen molar-refractivity contribution in [3.63, 3.8) is 0 Å². The van der Waals surface area contributed by atoms with Gasteiger partial charge in [-0.15, -0.1) is 0 Å². The van der Waals surface area contributed by atoms with Crippen LogP contribution in [-0.2, 0) is 6.18 Å². The molecule has 1 amide bonds. The number of carbonyl (C=O) groups excluding carboxylic acids is 1. The van der Waals surface area contributed by atoms with Crippen LogP contribution in [-0.4, -0.2) is 52.3 Å². The number of benzene rings is 1. The predicted octanol–water partition coefficient (Wildman–Crippen LogP) is 2.19. The van der Waals surface area contributed by atoms with Crippen molar-refractivity contribution in [3.8, 4) is 11.3 Å². The van der Waals surface area contributed by atoms with E-state index in [-0.39, 0.29) is 37.6 Å². The van der Waals surface area contributed by atoms with Gasteiger partial charge in [-0.25, -0.2) is 0 Å². The number of aromatic nitrogens is 1. The van der Waals surface area contributed by atoms with Gasteiger partial charge in [0, 0.05) is 30.4 Å². The van der Waals surface area contributed by atoms with Gasteiger partial charge in [-0.3, -0.25) is 9.78 Å². The van der Waals surface area contributed by atoms with E-state index in [1.54, 1.807) is 12.1 Å². The Kier molecular flexibility index (Phi) is 6.11. The summed E-state index contributed by atoms with van der Waals surface area (Å²) < 4.78 is 38.5. The molecule has 0 aliphatic rings. The summed E-state index contributed by atoms with van der Waals surface area (Å²) in [5, 5.41) is 18.0. The van der Waals surface area contributed by atoms with Crippen molar-refractivity contribution in [1.29, 1.82) is 0 Å². The molecule has 0 aliphatic carbocycles. The maximum atomic E-state index is 12.8. The third-order valence-electron chi connectivity index (χ3n) is 3.52. The number of amides is 1. The summed E-state index contributed by atoms with van der Waals surface area (Å²) in [6.45, 7) is -0.432. The van der Waals surface area contributed by atoms with Gasteiger partial charge in [-0.2, -0.15) is 13.2 Å². The van der Waals surface area contributed by atoms with Gasteiger partial charge in [0.15, 0.2) is 0 Å². The zero-order valence-corrected chi connectivity index (χ0v) is 13.2. The smallest absolute Gasteiger partial charge is 0.395 e. The molecule has 1 aromatic carbocycles. The van der Waals surface area contributed by atoms with Crippen LogP contribution in [0.15, 0.2) is 42.6 Å². The molecule has 0 unspecified atom stereocenters. The van der Waals surface area contributed by atoms with Crippen LogP contribution in [0, 0.1) is 0 Å². The van der Waals surface area contributed by atoms with Crippen LogP contribution in [0.4, 0.5) is 13.2 Å². The van der Waals surface area contributed by atoms with Crippen molar-refractivity contribution in [2.24, 2.45) is 0 Å². The van der Waals surface area contributed by atoms with Crippen LogP contribution in [0.1, 0.15) is 15.9 Å². The van der Waals surface area contributed by atoms with Gasteiger partial charge in [-0.05, 0) is 24.3 Å². The van der Waals surface area contributed by atoms with Crippen molar-refractivity contribution in [1.82, 2.24) is 9.88 Å². The Bertz CT molecular complexity index is 729. The molecule has 1 aromatic heterocycles. The minimum Gasteiger partial charge on any atom is -0.395 e. The van der Waals surface area contributed by atoms with E-state index >= 15 is 0 Å². The summed E-state index contributed by atoms with van der Waals surface area (Å²) in [6, 6.07) is 7.85. The second kappa shape index (κ2) is 8.09. The lowest BCUT2D eigenvalue weighted by Crippen LogP contribution is -2.35. The number of halogens is 3. The largest absolute Gasteiger partial charge is 0.416 e. The number of nitrogens with zero attached hydrogens (tertiary/aromatic N) is 2. The van der Waals surface area contributed by atoms with E-state index in [2.05, 4.69) is 4.98 Å². The lowest BCUT2D eigenvalue weighted by Gasteiger charge is -2.21. The standard InChI is InChI=1S/C17H17F3N2O3/c18-17(19,20)14-4-5-21-15(11-14)12-2-1-3-13(10-12)16(25)22(6-8-23)7-9-24/h1-5,10-11,23-24H,6-9H2. The van der Waals surface area contributed by atoms with Crippen molar-refractivity contribution in [3.05, 3.63) is 53.7 Å². The van der Waals surface area contributed by atoms with E-state index in [0.717, 1.165) is 18.3 Å². The predicted molar refractivity (Wildman–Crippen MR) is 84.8 cm³/mol. The quantitative estimate of drug-likeness (QED) is 0.834. The van der Waals surface area contributed by atoms with Gasteiger partial charge in [0.25, 0.3) is 5.91 Å². The first-order valence-electron chi connectivity index (χ1n) is 7.51. The molecule has 0 fully saturated rings. The molecule has 5 nitrogen and oxygen atoms in total. The minimum atomic E-state index is -4.48. The molecule has 0 saturated carbocycles. The fraction of sp³-hybridized carbons (Fsp3) is 0.294. The topological polar surface area (TPSA) is 73.7 Å². The van der Waals surface area contributed by atoms with Crippen LogP contribution in [0.2, 0.25) is 0 Å². The molecule has 0 saturated heterocycles. The minimum absolute atomic E-state index is 0.0471. The van der Waals surface area contributed by atoms with Gasteiger partial charge >= 0.3 is 6.18 Å². The molecule has 25 heavy (non-hydrogen) atoms.